The first kappa shape index (κ1) is 18.0. The highest BCUT2D eigenvalue weighted by Gasteiger charge is 2.31. The Bertz CT molecular complexity index is 600. The number of hydrogen-bond donors (Lipinski definition) is 1. The van der Waals surface area contributed by atoms with E-state index in [1.807, 2.05) is 17.0 Å². The highest BCUT2D eigenvalue weighted by Crippen LogP contribution is 2.27. The summed E-state index contributed by atoms with van der Waals surface area (Å²) in [4.78, 5) is 27.0. The molecule has 4 nitrogen and oxygen atoms in total. The maximum absolute atomic E-state index is 12.6. The van der Waals surface area contributed by atoms with Crippen LogP contribution in [-0.2, 0) is 16.1 Å². The number of carbonyl (C=O) groups is 2. The topological polar surface area (TPSA) is 49.4 Å². The molecule has 1 saturated heterocycles. The predicted molar refractivity (Wildman–Crippen MR) is 98.9 cm³/mol. The maximum atomic E-state index is 12.6. The third-order valence-electron chi connectivity index (χ3n) is 5.68. The van der Waals surface area contributed by atoms with Crippen LogP contribution in [0.2, 0.25) is 0 Å². The van der Waals surface area contributed by atoms with Crippen molar-refractivity contribution in [1.82, 2.24) is 10.2 Å². The Morgan fingerprint density at radius 2 is 1.76 bits per heavy atom. The molecule has 1 heterocycles. The van der Waals surface area contributed by atoms with E-state index in [0.717, 1.165) is 44.3 Å². The van der Waals surface area contributed by atoms with Crippen molar-refractivity contribution in [2.45, 2.75) is 58.4 Å². The van der Waals surface area contributed by atoms with Crippen LogP contribution in [0.1, 0.15) is 56.1 Å². The quantitative estimate of drug-likeness (QED) is 0.911. The minimum Gasteiger partial charge on any atom is -0.352 e. The van der Waals surface area contributed by atoms with Crippen molar-refractivity contribution in [2.75, 3.05) is 13.1 Å². The van der Waals surface area contributed by atoms with Gasteiger partial charge in [-0.1, -0.05) is 49.1 Å². The van der Waals surface area contributed by atoms with Gasteiger partial charge in [-0.3, -0.25) is 9.59 Å². The van der Waals surface area contributed by atoms with Gasteiger partial charge in [-0.25, -0.2) is 0 Å². The number of nitrogens with one attached hydrogen (secondary N) is 1. The summed E-state index contributed by atoms with van der Waals surface area (Å²) in [6.45, 7) is 4.11. The number of rotatable bonds is 4. The number of nitrogens with zero attached hydrogens (tertiary/aromatic N) is 1. The van der Waals surface area contributed by atoms with Crippen LogP contribution in [0.3, 0.4) is 0 Å². The van der Waals surface area contributed by atoms with E-state index >= 15 is 0 Å². The summed E-state index contributed by atoms with van der Waals surface area (Å²) in [5.41, 5.74) is 2.35. The second-order valence-corrected chi connectivity index (χ2v) is 7.64. The molecule has 1 aromatic rings. The third kappa shape index (κ3) is 4.83. The van der Waals surface area contributed by atoms with Gasteiger partial charge in [0.1, 0.15) is 0 Å². The Labute approximate surface area is 151 Å². The molecule has 1 aromatic carbocycles. The molecule has 4 heteroatoms. The normalized spacial score (nSPS) is 19.6. The minimum absolute atomic E-state index is 0.0419. The van der Waals surface area contributed by atoms with Gasteiger partial charge in [0.05, 0.1) is 0 Å². The summed E-state index contributed by atoms with van der Waals surface area (Å²) < 4.78 is 0. The number of aryl methyl sites for hydroxylation is 1. The molecule has 2 fully saturated rings. The number of benzene rings is 1. The fourth-order valence-electron chi connectivity index (χ4n) is 4.13. The number of hydrogen-bond acceptors (Lipinski definition) is 2. The Hall–Kier alpha value is -1.84. The van der Waals surface area contributed by atoms with Gasteiger partial charge >= 0.3 is 0 Å². The second-order valence-electron chi connectivity index (χ2n) is 7.64. The van der Waals surface area contributed by atoms with E-state index in [0.29, 0.717) is 12.5 Å². The number of piperidine rings is 1. The van der Waals surface area contributed by atoms with Gasteiger partial charge in [0.2, 0.25) is 11.8 Å². The molecule has 2 amide bonds. The van der Waals surface area contributed by atoms with Crippen molar-refractivity contribution in [2.24, 2.45) is 11.8 Å². The van der Waals surface area contributed by atoms with Crippen LogP contribution in [0, 0.1) is 18.8 Å². The zero-order chi connectivity index (χ0) is 17.6. The monoisotopic (exact) mass is 342 g/mol. The maximum Gasteiger partial charge on any atom is 0.225 e. The molecule has 1 aliphatic heterocycles. The smallest absolute Gasteiger partial charge is 0.225 e. The zero-order valence-corrected chi connectivity index (χ0v) is 15.3. The molecule has 2 aliphatic rings. The van der Waals surface area contributed by atoms with E-state index in [4.69, 9.17) is 0 Å². The predicted octanol–water partition coefficient (Wildman–Crippen LogP) is 3.43. The minimum atomic E-state index is 0.0419. The Balaban J connectivity index is 1.43. The fourth-order valence-corrected chi connectivity index (χ4v) is 4.13. The van der Waals surface area contributed by atoms with E-state index in [9.17, 15) is 9.59 Å². The van der Waals surface area contributed by atoms with E-state index < -0.39 is 0 Å². The first-order valence-corrected chi connectivity index (χ1v) is 9.75. The Morgan fingerprint density at radius 3 is 2.44 bits per heavy atom. The lowest BCUT2D eigenvalue weighted by atomic mass is 9.87. The molecule has 3 rings (SSSR count). The fraction of sp³-hybridized carbons (Fsp3) is 0.619. The standard InChI is InChI=1S/C21H30N2O2/c1-16-6-5-7-17(14-16)15-22-20(24)18-10-12-23(13-11-18)21(25)19-8-3-2-4-9-19/h5-7,14,18-19H,2-4,8-13,15H2,1H3,(H,22,24). The molecule has 0 atom stereocenters. The van der Waals surface area contributed by atoms with Crippen LogP contribution in [-0.4, -0.2) is 29.8 Å². The molecule has 136 valence electrons. The average molecular weight is 342 g/mol. The van der Waals surface area contributed by atoms with Gasteiger partial charge < -0.3 is 10.2 Å². The van der Waals surface area contributed by atoms with Gasteiger partial charge in [0, 0.05) is 31.5 Å². The Morgan fingerprint density at radius 1 is 1.04 bits per heavy atom. The molecular weight excluding hydrogens is 312 g/mol. The van der Waals surface area contributed by atoms with Crippen molar-refractivity contribution in [1.29, 1.82) is 0 Å². The molecule has 1 N–H and O–H groups in total. The molecule has 0 aromatic heterocycles. The van der Waals surface area contributed by atoms with E-state index in [2.05, 4.69) is 24.4 Å². The van der Waals surface area contributed by atoms with Crippen molar-refractivity contribution >= 4 is 11.8 Å². The lowest BCUT2D eigenvalue weighted by Gasteiger charge is -2.34. The summed E-state index contributed by atoms with van der Waals surface area (Å²) >= 11 is 0. The highest BCUT2D eigenvalue weighted by atomic mass is 16.2. The summed E-state index contributed by atoms with van der Waals surface area (Å²) in [6.07, 6.45) is 7.33. The molecule has 25 heavy (non-hydrogen) atoms. The van der Waals surface area contributed by atoms with Crippen molar-refractivity contribution in [3.63, 3.8) is 0 Å². The van der Waals surface area contributed by atoms with E-state index in [1.165, 1.54) is 24.8 Å². The Kier molecular flexibility index (Phi) is 6.11. The van der Waals surface area contributed by atoms with Crippen LogP contribution in [0.5, 0.6) is 0 Å². The average Bonchev–Trinajstić information content (AvgIpc) is 2.66. The number of amides is 2. The van der Waals surface area contributed by atoms with Crippen LogP contribution in [0.25, 0.3) is 0 Å². The summed E-state index contributed by atoms with van der Waals surface area (Å²) in [7, 11) is 0. The van der Waals surface area contributed by atoms with Gasteiger partial charge in [0.15, 0.2) is 0 Å². The number of carbonyl (C=O) groups excluding carboxylic acids is 2. The van der Waals surface area contributed by atoms with Gasteiger partial charge in [-0.05, 0) is 38.2 Å². The zero-order valence-electron chi connectivity index (χ0n) is 15.3. The van der Waals surface area contributed by atoms with Crippen LogP contribution in [0.4, 0.5) is 0 Å². The van der Waals surface area contributed by atoms with Crippen LogP contribution in [0.15, 0.2) is 24.3 Å². The lowest BCUT2D eigenvalue weighted by molar-refractivity contribution is -0.140. The summed E-state index contributed by atoms with van der Waals surface area (Å²) in [6, 6.07) is 8.22. The lowest BCUT2D eigenvalue weighted by Crippen LogP contribution is -2.45. The molecule has 0 radical (unpaired) electrons. The largest absolute Gasteiger partial charge is 0.352 e. The SMILES string of the molecule is Cc1cccc(CNC(=O)C2CCN(C(=O)C3CCCCC3)CC2)c1. The van der Waals surface area contributed by atoms with Crippen molar-refractivity contribution < 1.29 is 9.59 Å². The second kappa shape index (κ2) is 8.50. The van der Waals surface area contributed by atoms with Gasteiger partial charge in [-0.15, -0.1) is 0 Å². The summed E-state index contributed by atoms with van der Waals surface area (Å²) in [5.74, 6) is 0.741. The molecule has 0 spiro atoms. The molecule has 1 saturated carbocycles. The first-order chi connectivity index (χ1) is 12.1. The first-order valence-electron chi connectivity index (χ1n) is 9.75. The molecule has 1 aliphatic carbocycles. The molecule has 0 bridgehead atoms. The van der Waals surface area contributed by atoms with E-state index in [1.54, 1.807) is 0 Å². The van der Waals surface area contributed by atoms with Crippen LogP contribution < -0.4 is 5.32 Å². The van der Waals surface area contributed by atoms with Gasteiger partial charge in [0.25, 0.3) is 0 Å². The van der Waals surface area contributed by atoms with Crippen LogP contribution >= 0.6 is 0 Å². The molecule has 0 unspecified atom stereocenters. The highest BCUT2D eigenvalue weighted by molar-refractivity contribution is 5.81. The van der Waals surface area contributed by atoms with Crippen molar-refractivity contribution in [3.05, 3.63) is 35.4 Å². The van der Waals surface area contributed by atoms with Gasteiger partial charge in [-0.2, -0.15) is 0 Å². The van der Waals surface area contributed by atoms with Crippen molar-refractivity contribution in [3.8, 4) is 0 Å². The van der Waals surface area contributed by atoms with E-state index in [-0.39, 0.29) is 17.7 Å². The summed E-state index contributed by atoms with van der Waals surface area (Å²) in [5, 5.41) is 3.06. The molecular formula is C21H30N2O2. The number of likely N-dealkylation sites (tertiary alicyclic amines) is 1. The third-order valence-corrected chi connectivity index (χ3v) is 5.68.